The molecule has 0 bridgehead atoms. The molecule has 1 amide bonds. The fraction of sp³-hybridized carbons (Fsp3) is 0.923. The van der Waals surface area contributed by atoms with Crippen LogP contribution in [0.4, 0.5) is 0 Å². The Morgan fingerprint density at radius 3 is 2.25 bits per heavy atom. The molecule has 1 saturated heterocycles. The molecular formula is C13H26N2O. The Hall–Kier alpha value is -0.570. The van der Waals surface area contributed by atoms with E-state index >= 15 is 0 Å². The molecule has 1 heterocycles. The number of carbonyl (C=O) groups is 1. The summed E-state index contributed by atoms with van der Waals surface area (Å²) >= 11 is 0. The lowest BCUT2D eigenvalue weighted by Gasteiger charge is -2.39. The van der Waals surface area contributed by atoms with Crippen molar-refractivity contribution in [3.63, 3.8) is 0 Å². The van der Waals surface area contributed by atoms with Gasteiger partial charge in [0.2, 0.25) is 5.91 Å². The van der Waals surface area contributed by atoms with Crippen LogP contribution in [-0.4, -0.2) is 29.9 Å². The van der Waals surface area contributed by atoms with Crippen LogP contribution in [-0.2, 0) is 4.79 Å². The molecule has 1 aliphatic heterocycles. The molecule has 0 saturated carbocycles. The third-order valence-corrected chi connectivity index (χ3v) is 3.57. The van der Waals surface area contributed by atoms with E-state index in [-0.39, 0.29) is 11.9 Å². The highest BCUT2D eigenvalue weighted by atomic mass is 16.2. The van der Waals surface area contributed by atoms with Gasteiger partial charge in [0.05, 0.1) is 0 Å². The first kappa shape index (κ1) is 13.5. The average molecular weight is 226 g/mol. The third kappa shape index (κ3) is 3.78. The van der Waals surface area contributed by atoms with E-state index in [2.05, 4.69) is 20.8 Å². The van der Waals surface area contributed by atoms with E-state index in [1.807, 2.05) is 11.8 Å². The summed E-state index contributed by atoms with van der Waals surface area (Å²) in [7, 11) is 0. The molecule has 3 heteroatoms. The van der Waals surface area contributed by atoms with Gasteiger partial charge in [-0.1, -0.05) is 20.8 Å². The zero-order chi connectivity index (χ0) is 12.3. The van der Waals surface area contributed by atoms with Crippen molar-refractivity contribution < 1.29 is 4.79 Å². The first-order valence-electron chi connectivity index (χ1n) is 6.34. The second-order valence-electron chi connectivity index (χ2n) is 6.20. The monoisotopic (exact) mass is 226 g/mol. The Bertz CT molecular complexity index is 235. The minimum Gasteiger partial charge on any atom is -0.343 e. The van der Waals surface area contributed by atoms with Crippen LogP contribution < -0.4 is 5.73 Å². The van der Waals surface area contributed by atoms with Crippen LogP contribution in [0.3, 0.4) is 0 Å². The molecule has 3 nitrogen and oxygen atoms in total. The van der Waals surface area contributed by atoms with E-state index < -0.39 is 0 Å². The summed E-state index contributed by atoms with van der Waals surface area (Å²) in [5, 5.41) is 0. The largest absolute Gasteiger partial charge is 0.343 e. The Balaban J connectivity index is 2.40. The molecule has 0 aromatic carbocycles. The minimum absolute atomic E-state index is 0.0205. The van der Waals surface area contributed by atoms with Crippen LogP contribution in [0, 0.1) is 11.3 Å². The highest BCUT2D eigenvalue weighted by Gasteiger charge is 2.30. The molecule has 1 fully saturated rings. The minimum atomic E-state index is -0.0205. The van der Waals surface area contributed by atoms with Crippen molar-refractivity contribution in [3.8, 4) is 0 Å². The van der Waals surface area contributed by atoms with Crippen molar-refractivity contribution in [1.29, 1.82) is 0 Å². The lowest BCUT2D eigenvalue weighted by Crippen LogP contribution is -2.42. The van der Waals surface area contributed by atoms with E-state index in [4.69, 9.17) is 5.73 Å². The smallest absolute Gasteiger partial charge is 0.224 e. The number of amides is 1. The van der Waals surface area contributed by atoms with Crippen molar-refractivity contribution in [2.75, 3.05) is 13.1 Å². The van der Waals surface area contributed by atoms with Crippen molar-refractivity contribution in [2.45, 2.75) is 53.0 Å². The highest BCUT2D eigenvalue weighted by Crippen LogP contribution is 2.34. The van der Waals surface area contributed by atoms with Gasteiger partial charge >= 0.3 is 0 Å². The second kappa shape index (κ2) is 5.17. The number of hydrogen-bond donors (Lipinski definition) is 1. The van der Waals surface area contributed by atoms with Crippen LogP contribution in [0.25, 0.3) is 0 Å². The van der Waals surface area contributed by atoms with Gasteiger partial charge in [-0.25, -0.2) is 0 Å². The Morgan fingerprint density at radius 2 is 1.88 bits per heavy atom. The zero-order valence-electron chi connectivity index (χ0n) is 11.1. The fourth-order valence-electron chi connectivity index (χ4n) is 2.40. The van der Waals surface area contributed by atoms with Gasteiger partial charge in [-0.15, -0.1) is 0 Å². The summed E-state index contributed by atoms with van der Waals surface area (Å²) in [5.41, 5.74) is 6.02. The van der Waals surface area contributed by atoms with E-state index in [0.29, 0.717) is 11.8 Å². The van der Waals surface area contributed by atoms with E-state index in [0.717, 1.165) is 31.8 Å². The summed E-state index contributed by atoms with van der Waals surface area (Å²) in [5.74, 6) is 0.967. The topological polar surface area (TPSA) is 46.3 Å². The lowest BCUT2D eigenvalue weighted by molar-refractivity contribution is -0.133. The number of nitrogens with zero attached hydrogens (tertiary/aromatic N) is 1. The Labute approximate surface area is 99.4 Å². The predicted molar refractivity (Wildman–Crippen MR) is 67.0 cm³/mol. The number of piperidine rings is 1. The van der Waals surface area contributed by atoms with Gasteiger partial charge in [0.25, 0.3) is 0 Å². The standard InChI is InChI=1S/C13H26N2O/c1-10(14)9-12(16)15-7-5-11(6-8-15)13(2,3)4/h10-11H,5-9,14H2,1-4H3. The zero-order valence-corrected chi connectivity index (χ0v) is 11.1. The molecule has 1 aliphatic rings. The maximum absolute atomic E-state index is 11.8. The van der Waals surface area contributed by atoms with E-state index in [1.54, 1.807) is 0 Å². The van der Waals surface area contributed by atoms with Crippen molar-refractivity contribution >= 4 is 5.91 Å². The normalized spacial score (nSPS) is 20.9. The molecule has 16 heavy (non-hydrogen) atoms. The van der Waals surface area contributed by atoms with Crippen molar-refractivity contribution in [1.82, 2.24) is 4.90 Å². The number of carbonyl (C=O) groups excluding carboxylic acids is 1. The fourth-order valence-corrected chi connectivity index (χ4v) is 2.40. The molecule has 0 aromatic heterocycles. The van der Waals surface area contributed by atoms with Gasteiger partial charge in [0, 0.05) is 25.6 Å². The number of hydrogen-bond acceptors (Lipinski definition) is 2. The quantitative estimate of drug-likeness (QED) is 0.783. The Kier molecular flexibility index (Phi) is 4.36. The van der Waals surface area contributed by atoms with Gasteiger partial charge in [0.15, 0.2) is 0 Å². The summed E-state index contributed by atoms with van der Waals surface area (Å²) in [6, 6.07) is -0.0205. The predicted octanol–water partition coefficient (Wildman–Crippen LogP) is 2.01. The Morgan fingerprint density at radius 1 is 1.38 bits per heavy atom. The van der Waals surface area contributed by atoms with Gasteiger partial charge < -0.3 is 10.6 Å². The first-order chi connectivity index (χ1) is 7.30. The van der Waals surface area contributed by atoms with Crippen LogP contribution in [0.15, 0.2) is 0 Å². The number of likely N-dealkylation sites (tertiary alicyclic amines) is 1. The third-order valence-electron chi connectivity index (χ3n) is 3.57. The van der Waals surface area contributed by atoms with Gasteiger partial charge in [-0.2, -0.15) is 0 Å². The van der Waals surface area contributed by atoms with E-state index in [1.165, 1.54) is 0 Å². The average Bonchev–Trinajstić information content (AvgIpc) is 2.15. The molecule has 1 rings (SSSR count). The van der Waals surface area contributed by atoms with Crippen LogP contribution in [0.1, 0.15) is 47.0 Å². The molecule has 94 valence electrons. The first-order valence-corrected chi connectivity index (χ1v) is 6.34. The summed E-state index contributed by atoms with van der Waals surface area (Å²) in [6.07, 6.45) is 2.75. The molecule has 1 unspecified atom stereocenters. The van der Waals surface area contributed by atoms with Crippen molar-refractivity contribution in [3.05, 3.63) is 0 Å². The van der Waals surface area contributed by atoms with Gasteiger partial charge in [-0.05, 0) is 31.1 Å². The lowest BCUT2D eigenvalue weighted by atomic mass is 9.75. The molecule has 0 radical (unpaired) electrons. The second-order valence-corrected chi connectivity index (χ2v) is 6.20. The molecule has 0 aliphatic carbocycles. The number of nitrogens with two attached hydrogens (primary N) is 1. The summed E-state index contributed by atoms with van der Waals surface area (Å²) < 4.78 is 0. The highest BCUT2D eigenvalue weighted by molar-refractivity contribution is 5.76. The SMILES string of the molecule is CC(N)CC(=O)N1CCC(C(C)(C)C)CC1. The van der Waals surface area contributed by atoms with Crippen LogP contribution in [0.5, 0.6) is 0 Å². The van der Waals surface area contributed by atoms with Crippen molar-refractivity contribution in [2.24, 2.45) is 17.1 Å². The maximum Gasteiger partial charge on any atom is 0.224 e. The molecule has 1 atom stereocenters. The van der Waals surface area contributed by atoms with Gasteiger partial charge in [-0.3, -0.25) is 4.79 Å². The van der Waals surface area contributed by atoms with Crippen LogP contribution >= 0.6 is 0 Å². The summed E-state index contributed by atoms with van der Waals surface area (Å²) in [6.45, 7) is 10.6. The molecular weight excluding hydrogens is 200 g/mol. The molecule has 0 spiro atoms. The van der Waals surface area contributed by atoms with E-state index in [9.17, 15) is 4.79 Å². The van der Waals surface area contributed by atoms with Crippen LogP contribution in [0.2, 0.25) is 0 Å². The molecule has 0 aromatic rings. The molecule has 2 N–H and O–H groups in total. The van der Waals surface area contributed by atoms with Gasteiger partial charge in [0.1, 0.15) is 0 Å². The summed E-state index contributed by atoms with van der Waals surface area (Å²) in [4.78, 5) is 13.8. The number of rotatable bonds is 2. The maximum atomic E-state index is 11.8.